The van der Waals surface area contributed by atoms with Crippen LogP contribution in [0.15, 0.2) is 53.4 Å². The zero-order chi connectivity index (χ0) is 15.5. The molecule has 0 saturated carbocycles. The van der Waals surface area contributed by atoms with Crippen LogP contribution in [0, 0.1) is 5.82 Å². The third kappa shape index (κ3) is 3.66. The van der Waals surface area contributed by atoms with Crippen molar-refractivity contribution in [1.29, 1.82) is 0 Å². The van der Waals surface area contributed by atoms with E-state index >= 15 is 0 Å². The van der Waals surface area contributed by atoms with E-state index in [9.17, 15) is 12.8 Å². The molecule has 6 heteroatoms. The summed E-state index contributed by atoms with van der Waals surface area (Å²) in [6.45, 7) is 1.85. The number of nitrogens with one attached hydrogen (secondary N) is 1. The van der Waals surface area contributed by atoms with Crippen LogP contribution >= 0.6 is 0 Å². The van der Waals surface area contributed by atoms with Gasteiger partial charge in [-0.25, -0.2) is 17.5 Å². The van der Waals surface area contributed by atoms with Crippen LogP contribution in [-0.2, 0) is 16.6 Å². The molecular weight excluding hydrogens is 291 g/mol. The minimum absolute atomic E-state index is 0.141. The predicted molar refractivity (Wildman–Crippen MR) is 79.5 cm³/mol. The highest BCUT2D eigenvalue weighted by molar-refractivity contribution is 7.89. The second kappa shape index (κ2) is 6.34. The fraction of sp³-hybridized carbons (Fsp3) is 0.200. The first-order valence-electron chi connectivity index (χ1n) is 6.50. The molecule has 21 heavy (non-hydrogen) atoms. The maximum absolute atomic E-state index is 12.9. The molecular formula is C15H17FN2O2S. The Morgan fingerprint density at radius 2 is 1.76 bits per heavy atom. The van der Waals surface area contributed by atoms with Crippen molar-refractivity contribution < 1.29 is 12.8 Å². The molecule has 0 aromatic heterocycles. The van der Waals surface area contributed by atoms with E-state index in [-0.39, 0.29) is 17.3 Å². The van der Waals surface area contributed by atoms with Crippen molar-refractivity contribution in [2.75, 3.05) is 0 Å². The van der Waals surface area contributed by atoms with E-state index in [1.54, 1.807) is 37.3 Å². The number of benzene rings is 2. The first-order chi connectivity index (χ1) is 9.94. The van der Waals surface area contributed by atoms with E-state index in [2.05, 4.69) is 4.72 Å². The Kier molecular flexibility index (Phi) is 4.72. The highest BCUT2D eigenvalue weighted by Crippen LogP contribution is 2.19. The monoisotopic (exact) mass is 308 g/mol. The molecule has 0 radical (unpaired) electrons. The van der Waals surface area contributed by atoms with Crippen LogP contribution < -0.4 is 10.5 Å². The lowest BCUT2D eigenvalue weighted by Crippen LogP contribution is -2.28. The Balaban J connectivity index is 2.26. The normalized spacial score (nSPS) is 13.1. The van der Waals surface area contributed by atoms with Crippen LogP contribution in [0.5, 0.6) is 0 Å². The highest BCUT2D eigenvalue weighted by Gasteiger charge is 2.20. The second-order valence-electron chi connectivity index (χ2n) is 4.71. The van der Waals surface area contributed by atoms with Crippen LogP contribution in [-0.4, -0.2) is 8.42 Å². The molecule has 0 spiro atoms. The van der Waals surface area contributed by atoms with Gasteiger partial charge < -0.3 is 5.73 Å². The Morgan fingerprint density at radius 1 is 1.14 bits per heavy atom. The highest BCUT2D eigenvalue weighted by atomic mass is 32.2. The van der Waals surface area contributed by atoms with Gasteiger partial charge in [0, 0.05) is 12.6 Å². The Labute approximate surface area is 123 Å². The largest absolute Gasteiger partial charge is 0.326 e. The molecule has 2 aromatic carbocycles. The molecule has 0 amide bonds. The van der Waals surface area contributed by atoms with E-state index in [1.165, 1.54) is 18.2 Å². The lowest BCUT2D eigenvalue weighted by atomic mass is 10.1. The van der Waals surface area contributed by atoms with Crippen LogP contribution in [0.1, 0.15) is 24.1 Å². The third-order valence-electron chi connectivity index (χ3n) is 3.18. The van der Waals surface area contributed by atoms with Gasteiger partial charge in [-0.15, -0.1) is 0 Å². The molecule has 0 fully saturated rings. The maximum Gasteiger partial charge on any atom is 0.241 e. The van der Waals surface area contributed by atoms with Gasteiger partial charge in [-0.1, -0.05) is 30.3 Å². The second-order valence-corrected chi connectivity index (χ2v) is 6.39. The van der Waals surface area contributed by atoms with Crippen molar-refractivity contribution in [3.8, 4) is 0 Å². The topological polar surface area (TPSA) is 72.2 Å². The van der Waals surface area contributed by atoms with Crippen LogP contribution in [0.25, 0.3) is 0 Å². The van der Waals surface area contributed by atoms with E-state index in [0.717, 1.165) is 0 Å². The van der Waals surface area contributed by atoms with Gasteiger partial charge in [0.15, 0.2) is 0 Å². The quantitative estimate of drug-likeness (QED) is 0.890. The van der Waals surface area contributed by atoms with Gasteiger partial charge in [0.2, 0.25) is 10.0 Å². The molecule has 0 aliphatic heterocycles. The molecule has 0 aliphatic rings. The van der Waals surface area contributed by atoms with E-state index in [1.807, 2.05) is 0 Å². The average Bonchev–Trinajstić information content (AvgIpc) is 2.47. The number of rotatable bonds is 5. The van der Waals surface area contributed by atoms with Gasteiger partial charge in [-0.2, -0.15) is 0 Å². The van der Waals surface area contributed by atoms with E-state index < -0.39 is 16.1 Å². The molecule has 3 N–H and O–H groups in total. The van der Waals surface area contributed by atoms with E-state index in [4.69, 9.17) is 5.73 Å². The van der Waals surface area contributed by atoms with Crippen molar-refractivity contribution in [2.24, 2.45) is 5.73 Å². The van der Waals surface area contributed by atoms with Crippen molar-refractivity contribution in [1.82, 2.24) is 4.72 Å². The summed E-state index contributed by atoms with van der Waals surface area (Å²) in [6, 6.07) is 11.8. The maximum atomic E-state index is 12.9. The van der Waals surface area contributed by atoms with Gasteiger partial charge in [0.1, 0.15) is 5.82 Å². The first kappa shape index (κ1) is 15.6. The summed E-state index contributed by atoms with van der Waals surface area (Å²) in [4.78, 5) is 0.168. The molecule has 0 aliphatic carbocycles. The average molecular weight is 308 g/mol. The Hall–Kier alpha value is -1.76. The third-order valence-corrected chi connectivity index (χ3v) is 4.83. The van der Waals surface area contributed by atoms with Gasteiger partial charge in [-0.3, -0.25) is 0 Å². The molecule has 2 aromatic rings. The summed E-state index contributed by atoms with van der Waals surface area (Å²) >= 11 is 0. The SMILES string of the molecule is CC(NS(=O)(=O)c1ccccc1CN)c1ccc(F)cc1. The van der Waals surface area contributed by atoms with Crippen LogP contribution in [0.4, 0.5) is 4.39 Å². The Morgan fingerprint density at radius 3 is 2.38 bits per heavy atom. The lowest BCUT2D eigenvalue weighted by Gasteiger charge is -2.16. The van der Waals surface area contributed by atoms with Crippen molar-refractivity contribution >= 4 is 10.0 Å². The van der Waals surface area contributed by atoms with Gasteiger partial charge >= 0.3 is 0 Å². The minimum Gasteiger partial charge on any atom is -0.326 e. The smallest absolute Gasteiger partial charge is 0.241 e. The number of hydrogen-bond donors (Lipinski definition) is 2. The summed E-state index contributed by atoms with van der Waals surface area (Å²) in [5.74, 6) is -0.359. The summed E-state index contributed by atoms with van der Waals surface area (Å²) in [7, 11) is -3.68. The molecule has 0 bridgehead atoms. The number of halogens is 1. The number of hydrogen-bond acceptors (Lipinski definition) is 3. The molecule has 1 unspecified atom stereocenters. The number of sulfonamides is 1. The summed E-state index contributed by atoms with van der Waals surface area (Å²) in [5, 5.41) is 0. The van der Waals surface area contributed by atoms with Gasteiger partial charge in [0.25, 0.3) is 0 Å². The van der Waals surface area contributed by atoms with Gasteiger partial charge in [0.05, 0.1) is 4.90 Å². The van der Waals surface area contributed by atoms with Gasteiger partial charge in [-0.05, 0) is 36.2 Å². The molecule has 4 nitrogen and oxygen atoms in total. The minimum atomic E-state index is -3.68. The summed E-state index contributed by atoms with van der Waals surface area (Å²) < 4.78 is 40.3. The molecule has 2 rings (SSSR count). The Bertz CT molecular complexity index is 715. The van der Waals surface area contributed by atoms with E-state index in [0.29, 0.717) is 11.1 Å². The molecule has 1 atom stereocenters. The molecule has 112 valence electrons. The number of nitrogens with two attached hydrogens (primary N) is 1. The standard InChI is InChI=1S/C15H17FN2O2S/c1-11(12-6-8-14(16)9-7-12)18-21(19,20)15-5-3-2-4-13(15)10-17/h2-9,11,18H,10,17H2,1H3. The van der Waals surface area contributed by atoms with Crippen LogP contribution in [0.2, 0.25) is 0 Å². The lowest BCUT2D eigenvalue weighted by molar-refractivity contribution is 0.565. The first-order valence-corrected chi connectivity index (χ1v) is 7.98. The zero-order valence-corrected chi connectivity index (χ0v) is 12.4. The summed E-state index contributed by atoms with van der Waals surface area (Å²) in [6.07, 6.45) is 0. The van der Waals surface area contributed by atoms with Crippen LogP contribution in [0.3, 0.4) is 0 Å². The molecule has 0 heterocycles. The fourth-order valence-electron chi connectivity index (χ4n) is 2.05. The zero-order valence-electron chi connectivity index (χ0n) is 11.6. The van der Waals surface area contributed by atoms with Crippen molar-refractivity contribution in [2.45, 2.75) is 24.4 Å². The summed E-state index contributed by atoms with van der Waals surface area (Å²) in [5.41, 5.74) is 6.81. The van der Waals surface area contributed by atoms with Crippen molar-refractivity contribution in [3.05, 3.63) is 65.5 Å². The van der Waals surface area contributed by atoms with Crippen molar-refractivity contribution in [3.63, 3.8) is 0 Å². The molecule has 0 saturated heterocycles. The predicted octanol–water partition coefficient (Wildman–Crippen LogP) is 2.32. The fourth-order valence-corrected chi connectivity index (χ4v) is 3.53.